The second-order valence-corrected chi connectivity index (χ2v) is 2.97. The molecule has 5 heteroatoms. The predicted octanol–water partition coefficient (Wildman–Crippen LogP) is -0.212. The highest BCUT2D eigenvalue weighted by Crippen LogP contribution is 2.10. The molecule has 1 aromatic rings. The lowest BCUT2D eigenvalue weighted by molar-refractivity contribution is 0.0773. The number of aryl methyl sites for hydroxylation is 1. The van der Waals surface area contributed by atoms with Crippen LogP contribution in [0.25, 0.3) is 0 Å². The molecule has 1 aromatic heterocycles. The van der Waals surface area contributed by atoms with E-state index in [9.17, 15) is 9.90 Å². The third kappa shape index (κ3) is 1.21. The Morgan fingerprint density at radius 2 is 2.38 bits per heavy atom. The van der Waals surface area contributed by atoms with Gasteiger partial charge in [0.2, 0.25) is 5.75 Å². The first-order chi connectivity index (χ1) is 6.20. The van der Waals surface area contributed by atoms with Crippen LogP contribution in [-0.2, 0) is 17.9 Å². The van der Waals surface area contributed by atoms with Gasteiger partial charge in [0.05, 0.1) is 18.8 Å². The van der Waals surface area contributed by atoms with E-state index in [-0.39, 0.29) is 11.3 Å². The largest absolute Gasteiger partial charge is 0.502 e. The zero-order valence-corrected chi connectivity index (χ0v) is 7.28. The van der Waals surface area contributed by atoms with Crippen molar-refractivity contribution in [1.82, 2.24) is 9.55 Å². The molecule has 0 unspecified atom stereocenters. The highest BCUT2D eigenvalue weighted by molar-refractivity contribution is 5.22. The number of fused-ring (bicyclic) bond motifs is 1. The number of nitrogens with zero attached hydrogens (tertiary/aromatic N) is 2. The van der Waals surface area contributed by atoms with Gasteiger partial charge in [-0.25, -0.2) is 4.98 Å². The third-order valence-corrected chi connectivity index (χ3v) is 2.09. The van der Waals surface area contributed by atoms with Crippen LogP contribution in [0.5, 0.6) is 5.75 Å². The average molecular weight is 182 g/mol. The van der Waals surface area contributed by atoms with E-state index >= 15 is 0 Å². The lowest BCUT2D eigenvalue weighted by Crippen LogP contribution is -2.31. The van der Waals surface area contributed by atoms with Crippen LogP contribution in [0, 0.1) is 6.92 Å². The Morgan fingerprint density at radius 1 is 1.62 bits per heavy atom. The molecule has 1 aliphatic rings. The molecule has 0 atom stereocenters. The fraction of sp³-hybridized carbons (Fsp3) is 0.500. The quantitative estimate of drug-likeness (QED) is 0.602. The van der Waals surface area contributed by atoms with Crippen molar-refractivity contribution in [2.24, 2.45) is 0 Å². The Morgan fingerprint density at radius 3 is 3.15 bits per heavy atom. The summed E-state index contributed by atoms with van der Waals surface area (Å²) in [6.07, 6.45) is 0. The van der Waals surface area contributed by atoms with Crippen molar-refractivity contribution in [3.63, 3.8) is 0 Å². The number of ether oxygens (including phenoxy) is 1. The summed E-state index contributed by atoms with van der Waals surface area (Å²) < 4.78 is 6.59. The summed E-state index contributed by atoms with van der Waals surface area (Å²) in [5.74, 6) is 0.331. The minimum atomic E-state index is -0.370. The maximum absolute atomic E-state index is 11.5. The molecule has 0 amide bonds. The number of rotatable bonds is 0. The van der Waals surface area contributed by atoms with Gasteiger partial charge in [0.15, 0.2) is 0 Å². The lowest BCUT2D eigenvalue weighted by atomic mass is 10.3. The summed E-state index contributed by atoms with van der Waals surface area (Å²) in [5.41, 5.74) is -0.00690. The van der Waals surface area contributed by atoms with Crippen LogP contribution in [-0.4, -0.2) is 21.3 Å². The highest BCUT2D eigenvalue weighted by Gasteiger charge is 2.15. The molecule has 70 valence electrons. The van der Waals surface area contributed by atoms with Crippen LogP contribution in [0.4, 0.5) is 0 Å². The molecule has 1 aliphatic heterocycles. The standard InChI is InChI=1S/C8H10N2O3/c1-5-7(11)8(12)10-2-3-13-4-6(10)9-5/h11H,2-4H2,1H3. The molecule has 0 aliphatic carbocycles. The highest BCUT2D eigenvalue weighted by atomic mass is 16.5. The maximum atomic E-state index is 11.5. The van der Waals surface area contributed by atoms with Crippen molar-refractivity contribution in [3.05, 3.63) is 21.9 Å². The van der Waals surface area contributed by atoms with Crippen molar-refractivity contribution >= 4 is 0 Å². The Labute approximate surface area is 74.6 Å². The Balaban J connectivity index is 2.68. The van der Waals surface area contributed by atoms with Gasteiger partial charge in [0.25, 0.3) is 5.56 Å². The van der Waals surface area contributed by atoms with Crippen LogP contribution in [0.2, 0.25) is 0 Å². The Hall–Kier alpha value is -1.36. The van der Waals surface area contributed by atoms with Gasteiger partial charge in [0, 0.05) is 0 Å². The summed E-state index contributed by atoms with van der Waals surface area (Å²) in [6, 6.07) is 0. The van der Waals surface area contributed by atoms with E-state index in [1.54, 1.807) is 6.92 Å². The van der Waals surface area contributed by atoms with E-state index < -0.39 is 0 Å². The van der Waals surface area contributed by atoms with Gasteiger partial charge < -0.3 is 9.84 Å². The molecule has 0 bridgehead atoms. The first-order valence-electron chi connectivity index (χ1n) is 4.07. The van der Waals surface area contributed by atoms with E-state index in [2.05, 4.69) is 4.98 Å². The number of aromatic hydroxyl groups is 1. The number of hydrogen-bond donors (Lipinski definition) is 1. The third-order valence-electron chi connectivity index (χ3n) is 2.09. The van der Waals surface area contributed by atoms with Gasteiger partial charge in [-0.15, -0.1) is 0 Å². The van der Waals surface area contributed by atoms with Crippen LogP contribution in [0.3, 0.4) is 0 Å². The minimum absolute atomic E-state index is 0.259. The molecule has 0 saturated carbocycles. The van der Waals surface area contributed by atoms with Crippen LogP contribution >= 0.6 is 0 Å². The predicted molar refractivity (Wildman–Crippen MR) is 44.6 cm³/mol. The molecule has 0 radical (unpaired) electrons. The topological polar surface area (TPSA) is 64.4 Å². The van der Waals surface area contributed by atoms with E-state index in [1.165, 1.54) is 4.57 Å². The molecule has 0 saturated heterocycles. The van der Waals surface area contributed by atoms with E-state index in [4.69, 9.17) is 4.74 Å². The van der Waals surface area contributed by atoms with Crippen LogP contribution < -0.4 is 5.56 Å². The molecule has 1 N–H and O–H groups in total. The van der Waals surface area contributed by atoms with Crippen molar-refractivity contribution in [2.75, 3.05) is 6.61 Å². The monoisotopic (exact) mass is 182 g/mol. The minimum Gasteiger partial charge on any atom is -0.502 e. The second kappa shape index (κ2) is 2.85. The normalized spacial score (nSPS) is 15.5. The molecule has 2 heterocycles. The van der Waals surface area contributed by atoms with Crippen LogP contribution in [0.1, 0.15) is 11.5 Å². The molecule has 5 nitrogen and oxygen atoms in total. The summed E-state index contributed by atoms with van der Waals surface area (Å²) in [4.78, 5) is 15.5. The average Bonchev–Trinajstić information content (AvgIpc) is 2.15. The van der Waals surface area contributed by atoms with Crippen molar-refractivity contribution < 1.29 is 9.84 Å². The summed E-state index contributed by atoms with van der Waals surface area (Å²) >= 11 is 0. The van der Waals surface area contributed by atoms with E-state index in [1.807, 2.05) is 0 Å². The van der Waals surface area contributed by atoms with Crippen molar-refractivity contribution in [3.8, 4) is 5.75 Å². The van der Waals surface area contributed by atoms with Crippen molar-refractivity contribution in [1.29, 1.82) is 0 Å². The van der Waals surface area contributed by atoms with Gasteiger partial charge in [-0.05, 0) is 6.92 Å². The van der Waals surface area contributed by atoms with E-state index in [0.717, 1.165) is 0 Å². The molecule has 0 spiro atoms. The fourth-order valence-electron chi connectivity index (χ4n) is 1.37. The molecular formula is C8H10N2O3. The molecule has 2 rings (SSSR count). The van der Waals surface area contributed by atoms with Gasteiger partial charge >= 0.3 is 0 Å². The fourth-order valence-corrected chi connectivity index (χ4v) is 1.37. The maximum Gasteiger partial charge on any atom is 0.296 e. The number of hydrogen-bond acceptors (Lipinski definition) is 4. The molecule has 13 heavy (non-hydrogen) atoms. The van der Waals surface area contributed by atoms with Gasteiger partial charge in [0.1, 0.15) is 12.4 Å². The Kier molecular flexibility index (Phi) is 1.81. The smallest absolute Gasteiger partial charge is 0.296 e. The van der Waals surface area contributed by atoms with Gasteiger partial charge in [-0.2, -0.15) is 0 Å². The van der Waals surface area contributed by atoms with Gasteiger partial charge in [-0.3, -0.25) is 9.36 Å². The molecule has 0 aromatic carbocycles. The molecular weight excluding hydrogens is 172 g/mol. The number of aromatic nitrogens is 2. The summed E-state index contributed by atoms with van der Waals surface area (Å²) in [5, 5.41) is 9.33. The lowest BCUT2D eigenvalue weighted by Gasteiger charge is -2.18. The van der Waals surface area contributed by atoms with E-state index in [0.29, 0.717) is 31.3 Å². The first-order valence-corrected chi connectivity index (χ1v) is 4.07. The Bertz CT molecular complexity index is 397. The zero-order chi connectivity index (χ0) is 9.42. The zero-order valence-electron chi connectivity index (χ0n) is 7.28. The van der Waals surface area contributed by atoms with Crippen LogP contribution in [0.15, 0.2) is 4.79 Å². The summed E-state index contributed by atoms with van der Waals surface area (Å²) in [6.45, 7) is 2.91. The SMILES string of the molecule is Cc1nc2n(c(=O)c1O)CCOC2. The first kappa shape index (κ1) is 8.25. The summed E-state index contributed by atoms with van der Waals surface area (Å²) in [7, 11) is 0. The van der Waals surface area contributed by atoms with Crippen molar-refractivity contribution in [2.45, 2.75) is 20.1 Å². The van der Waals surface area contributed by atoms with Gasteiger partial charge in [-0.1, -0.05) is 0 Å². The second-order valence-electron chi connectivity index (χ2n) is 2.97. The molecule has 0 fully saturated rings.